The molecule has 0 bridgehead atoms. The van der Waals surface area contributed by atoms with Gasteiger partial charge in [-0.2, -0.15) is 22.6 Å². The summed E-state index contributed by atoms with van der Waals surface area (Å²) in [5.41, 5.74) is -5.25. The van der Waals surface area contributed by atoms with Crippen LogP contribution >= 0.6 is 0 Å². The number of hydrogen-bond acceptors (Lipinski definition) is 5. The molecule has 29 heavy (non-hydrogen) atoms. The second-order valence-corrected chi connectivity index (χ2v) is 9.26. The van der Waals surface area contributed by atoms with Crippen molar-refractivity contribution >= 4 is 16.0 Å². The Morgan fingerprint density at radius 3 is 2.55 bits per heavy atom. The zero-order valence-electron chi connectivity index (χ0n) is 16.4. The molecule has 0 aromatic carbocycles. The minimum atomic E-state index is -5.25. The van der Waals surface area contributed by atoms with E-state index in [4.69, 9.17) is 0 Å². The van der Waals surface area contributed by atoms with Gasteiger partial charge < -0.3 is 10.6 Å². The van der Waals surface area contributed by atoms with Crippen molar-refractivity contribution in [1.82, 2.24) is 29.7 Å². The van der Waals surface area contributed by atoms with Crippen molar-refractivity contribution in [3.05, 3.63) is 11.6 Å². The first-order valence-corrected chi connectivity index (χ1v) is 11.0. The maximum absolute atomic E-state index is 12.7. The summed E-state index contributed by atoms with van der Waals surface area (Å²) < 4.78 is 63.4. The summed E-state index contributed by atoms with van der Waals surface area (Å²) >= 11 is 0. The van der Waals surface area contributed by atoms with Crippen LogP contribution in [0, 0.1) is 12.8 Å². The lowest BCUT2D eigenvalue weighted by molar-refractivity contribution is -0.0496. The maximum Gasteiger partial charge on any atom is 0.511 e. The Hall–Kier alpha value is -1.89. The van der Waals surface area contributed by atoms with E-state index in [1.165, 1.54) is 0 Å². The molecule has 2 N–H and O–H groups in total. The molecule has 1 aromatic rings. The van der Waals surface area contributed by atoms with E-state index in [0.717, 1.165) is 31.0 Å². The molecule has 3 heterocycles. The monoisotopic (exact) mass is 437 g/mol. The lowest BCUT2D eigenvalue weighted by Crippen LogP contribution is -2.47. The van der Waals surface area contributed by atoms with Crippen molar-refractivity contribution in [1.29, 1.82) is 0 Å². The average molecular weight is 437 g/mol. The van der Waals surface area contributed by atoms with E-state index < -0.39 is 15.5 Å². The Kier molecular flexibility index (Phi) is 6.36. The Morgan fingerprint density at radius 2 is 1.93 bits per heavy atom. The van der Waals surface area contributed by atoms with Crippen molar-refractivity contribution in [2.75, 3.05) is 26.7 Å². The van der Waals surface area contributed by atoms with Crippen molar-refractivity contribution in [3.8, 4) is 0 Å². The minimum absolute atomic E-state index is 0.0186. The van der Waals surface area contributed by atoms with Gasteiger partial charge in [0, 0.05) is 33.2 Å². The van der Waals surface area contributed by atoms with Gasteiger partial charge in [-0.1, -0.05) is 0 Å². The molecule has 1 saturated heterocycles. The standard InChI is InChI=1S/C16H26F3N7O2S/c1-11-22-14-13(4-3-7-26(14)24-11)23-15(20-2)21-10-12-5-8-25(9-6-12)29(27,28)16(17,18)19/h12-13H,3-10H2,1-2H3,(H2,20,21,23). The van der Waals surface area contributed by atoms with E-state index in [-0.39, 0.29) is 25.0 Å². The van der Waals surface area contributed by atoms with Gasteiger partial charge in [0.1, 0.15) is 11.6 Å². The van der Waals surface area contributed by atoms with Crippen LogP contribution in [0.4, 0.5) is 13.2 Å². The smallest absolute Gasteiger partial charge is 0.356 e. The highest BCUT2D eigenvalue weighted by Crippen LogP contribution is 2.30. The van der Waals surface area contributed by atoms with Gasteiger partial charge in [0.25, 0.3) is 0 Å². The summed E-state index contributed by atoms with van der Waals surface area (Å²) in [7, 11) is -3.60. The normalized spacial score (nSPS) is 22.4. The Balaban J connectivity index is 1.50. The highest BCUT2D eigenvalue weighted by Gasteiger charge is 2.50. The highest BCUT2D eigenvalue weighted by atomic mass is 32.2. The van der Waals surface area contributed by atoms with Crippen LogP contribution in [0.1, 0.15) is 43.4 Å². The molecule has 2 aliphatic rings. The third-order valence-corrected chi connectivity index (χ3v) is 6.91. The molecule has 1 atom stereocenters. The Bertz CT molecular complexity index is 845. The number of fused-ring (bicyclic) bond motifs is 1. The van der Waals surface area contributed by atoms with Gasteiger partial charge in [0.05, 0.1) is 6.04 Å². The average Bonchev–Trinajstić information content (AvgIpc) is 3.05. The highest BCUT2D eigenvalue weighted by molar-refractivity contribution is 7.90. The van der Waals surface area contributed by atoms with Gasteiger partial charge in [-0.25, -0.2) is 18.1 Å². The number of alkyl halides is 3. The molecule has 0 radical (unpaired) electrons. The number of rotatable bonds is 4. The number of sulfonamides is 1. The number of nitrogens with zero attached hydrogens (tertiary/aromatic N) is 5. The van der Waals surface area contributed by atoms with Crippen molar-refractivity contribution in [2.45, 2.75) is 50.7 Å². The van der Waals surface area contributed by atoms with Gasteiger partial charge in [-0.3, -0.25) is 4.99 Å². The molecular weight excluding hydrogens is 411 g/mol. The van der Waals surface area contributed by atoms with Crippen molar-refractivity contribution < 1.29 is 21.6 Å². The molecule has 9 nitrogen and oxygen atoms in total. The Labute approximate surface area is 167 Å². The van der Waals surface area contributed by atoms with E-state index in [1.54, 1.807) is 7.05 Å². The van der Waals surface area contributed by atoms with Crippen LogP contribution in [0.5, 0.6) is 0 Å². The first-order chi connectivity index (χ1) is 13.6. The van der Waals surface area contributed by atoms with Crippen LogP contribution in [0.15, 0.2) is 4.99 Å². The minimum Gasteiger partial charge on any atom is -0.356 e. The van der Waals surface area contributed by atoms with Gasteiger partial charge in [0.15, 0.2) is 5.96 Å². The number of halogens is 3. The van der Waals surface area contributed by atoms with Gasteiger partial charge in [-0.15, -0.1) is 0 Å². The molecular formula is C16H26F3N7O2S. The van der Waals surface area contributed by atoms with Gasteiger partial charge in [-0.05, 0) is 38.5 Å². The molecule has 2 aliphatic heterocycles. The number of guanidine groups is 1. The summed E-state index contributed by atoms with van der Waals surface area (Å²) in [5.74, 6) is 2.22. The zero-order chi connectivity index (χ0) is 21.2. The predicted octanol–water partition coefficient (Wildman–Crippen LogP) is 1.15. The molecule has 164 valence electrons. The lowest BCUT2D eigenvalue weighted by Gasteiger charge is -2.32. The number of nitrogens with one attached hydrogen (secondary N) is 2. The SMILES string of the molecule is CN=C(NCC1CCN(S(=O)(=O)C(F)(F)F)CC1)NC1CCCn2nc(C)nc21. The van der Waals surface area contributed by atoms with Gasteiger partial charge >= 0.3 is 15.5 Å². The molecule has 1 unspecified atom stereocenters. The third kappa shape index (κ3) is 4.82. The molecule has 0 spiro atoms. The second-order valence-electron chi connectivity index (χ2n) is 7.33. The lowest BCUT2D eigenvalue weighted by atomic mass is 9.98. The molecule has 0 aliphatic carbocycles. The quantitative estimate of drug-likeness (QED) is 0.541. The van der Waals surface area contributed by atoms with Crippen LogP contribution in [0.2, 0.25) is 0 Å². The topological polar surface area (TPSA) is 105 Å². The fourth-order valence-electron chi connectivity index (χ4n) is 3.71. The van der Waals surface area contributed by atoms with E-state index in [0.29, 0.717) is 29.7 Å². The zero-order valence-corrected chi connectivity index (χ0v) is 17.2. The number of hydrogen-bond donors (Lipinski definition) is 2. The van der Waals surface area contributed by atoms with Crippen LogP contribution in [-0.4, -0.2) is 65.6 Å². The first kappa shape index (κ1) is 21.8. The molecule has 0 amide bonds. The summed E-state index contributed by atoms with van der Waals surface area (Å²) in [5, 5.41) is 10.9. The predicted molar refractivity (Wildman–Crippen MR) is 101 cm³/mol. The number of aromatic nitrogens is 3. The van der Waals surface area contributed by atoms with Crippen LogP contribution in [0.3, 0.4) is 0 Å². The summed E-state index contributed by atoms with van der Waals surface area (Å²) in [6.45, 7) is 2.91. The fourth-order valence-corrected chi connectivity index (χ4v) is 4.69. The first-order valence-electron chi connectivity index (χ1n) is 9.56. The largest absolute Gasteiger partial charge is 0.511 e. The third-order valence-electron chi connectivity index (χ3n) is 5.28. The number of aryl methyl sites for hydroxylation is 2. The molecule has 1 aromatic heterocycles. The fraction of sp³-hybridized carbons (Fsp3) is 0.812. The molecule has 3 rings (SSSR count). The Morgan fingerprint density at radius 1 is 1.24 bits per heavy atom. The van der Waals surface area contributed by atoms with E-state index in [9.17, 15) is 21.6 Å². The number of aliphatic imine (C=N–C) groups is 1. The van der Waals surface area contributed by atoms with E-state index in [1.807, 2.05) is 11.6 Å². The van der Waals surface area contributed by atoms with Crippen molar-refractivity contribution in [3.63, 3.8) is 0 Å². The molecule has 0 saturated carbocycles. The van der Waals surface area contributed by atoms with E-state index >= 15 is 0 Å². The maximum atomic E-state index is 12.7. The second kappa shape index (κ2) is 8.46. The number of piperidine rings is 1. The summed E-state index contributed by atoms with van der Waals surface area (Å²) in [6.07, 6.45) is 2.58. The molecule has 13 heteroatoms. The van der Waals surface area contributed by atoms with Gasteiger partial charge in [0.2, 0.25) is 0 Å². The van der Waals surface area contributed by atoms with Crippen LogP contribution in [0.25, 0.3) is 0 Å². The summed E-state index contributed by atoms with van der Waals surface area (Å²) in [6, 6.07) is -0.0186. The van der Waals surface area contributed by atoms with Crippen molar-refractivity contribution in [2.24, 2.45) is 10.9 Å². The van der Waals surface area contributed by atoms with Crippen LogP contribution in [-0.2, 0) is 16.6 Å². The molecule has 1 fully saturated rings. The summed E-state index contributed by atoms with van der Waals surface area (Å²) in [4.78, 5) is 8.69. The van der Waals surface area contributed by atoms with Crippen LogP contribution < -0.4 is 10.6 Å². The van der Waals surface area contributed by atoms with E-state index in [2.05, 4.69) is 25.7 Å².